The summed E-state index contributed by atoms with van der Waals surface area (Å²) in [5.74, 6) is -0.371. The third-order valence-corrected chi connectivity index (χ3v) is 6.57. The highest BCUT2D eigenvalue weighted by Crippen LogP contribution is 2.37. The molecular weight excluding hydrogens is 392 g/mol. The Morgan fingerprint density at radius 1 is 1.03 bits per heavy atom. The van der Waals surface area contributed by atoms with Crippen molar-refractivity contribution in [3.05, 3.63) is 81.8 Å². The van der Waals surface area contributed by atoms with E-state index in [-0.39, 0.29) is 23.4 Å². The summed E-state index contributed by atoms with van der Waals surface area (Å²) in [4.78, 5) is 44.4. The van der Waals surface area contributed by atoms with E-state index in [9.17, 15) is 14.4 Å². The Hall–Kier alpha value is -3.87. The van der Waals surface area contributed by atoms with Gasteiger partial charge in [-0.25, -0.2) is 0 Å². The van der Waals surface area contributed by atoms with E-state index in [0.29, 0.717) is 29.4 Å². The van der Waals surface area contributed by atoms with Crippen molar-refractivity contribution in [1.82, 2.24) is 19.8 Å². The predicted octanol–water partition coefficient (Wildman–Crippen LogP) is 2.26. The number of nitrogens with zero attached hydrogens (tertiary/aromatic N) is 2. The Bertz CT molecular complexity index is 1460. The van der Waals surface area contributed by atoms with Crippen molar-refractivity contribution < 1.29 is 9.59 Å². The number of hydrogen-bond acceptors (Lipinski definition) is 3. The number of rotatable bonds is 1. The van der Waals surface area contributed by atoms with E-state index in [1.54, 1.807) is 18.1 Å². The van der Waals surface area contributed by atoms with Gasteiger partial charge in [0.25, 0.3) is 11.5 Å². The van der Waals surface area contributed by atoms with Gasteiger partial charge in [-0.1, -0.05) is 42.5 Å². The quantitative estimate of drug-likeness (QED) is 0.503. The highest BCUT2D eigenvalue weighted by atomic mass is 16.2. The number of piperazine rings is 1. The normalized spacial score (nSPS) is 20.0. The summed E-state index contributed by atoms with van der Waals surface area (Å²) < 4.78 is 1.43. The van der Waals surface area contributed by atoms with Crippen molar-refractivity contribution in [2.24, 2.45) is 7.05 Å². The number of benzene rings is 2. The highest BCUT2D eigenvalue weighted by molar-refractivity contribution is 6.17. The van der Waals surface area contributed by atoms with E-state index in [1.807, 2.05) is 48.5 Å². The molecule has 154 valence electrons. The van der Waals surface area contributed by atoms with E-state index in [1.165, 1.54) is 4.57 Å². The van der Waals surface area contributed by atoms with Crippen LogP contribution in [0.2, 0.25) is 0 Å². The first-order valence-electron chi connectivity index (χ1n) is 10.3. The summed E-state index contributed by atoms with van der Waals surface area (Å²) in [5.41, 5.74) is 3.61. The van der Waals surface area contributed by atoms with Crippen LogP contribution in [-0.4, -0.2) is 38.9 Å². The Morgan fingerprint density at radius 3 is 2.68 bits per heavy atom. The minimum atomic E-state index is -0.571. The summed E-state index contributed by atoms with van der Waals surface area (Å²) in [7, 11) is 1.64. The second-order valence-electron chi connectivity index (χ2n) is 8.27. The number of carbonyl (C=O) groups is 2. The van der Waals surface area contributed by atoms with Crippen molar-refractivity contribution >= 4 is 33.6 Å². The lowest BCUT2D eigenvalue weighted by Crippen LogP contribution is -2.61. The third-order valence-electron chi connectivity index (χ3n) is 6.57. The van der Waals surface area contributed by atoms with Crippen LogP contribution < -0.4 is 10.9 Å². The molecule has 2 aliphatic heterocycles. The molecule has 0 unspecified atom stereocenters. The van der Waals surface area contributed by atoms with Gasteiger partial charge in [-0.15, -0.1) is 0 Å². The summed E-state index contributed by atoms with van der Waals surface area (Å²) in [6.07, 6.45) is 2.08. The molecule has 2 amide bonds. The number of para-hydroxylation sites is 1. The zero-order chi connectivity index (χ0) is 21.3. The Morgan fingerprint density at radius 2 is 1.81 bits per heavy atom. The lowest BCUT2D eigenvalue weighted by atomic mass is 9.85. The Balaban J connectivity index is 1.59. The van der Waals surface area contributed by atoms with Gasteiger partial charge in [0, 0.05) is 42.5 Å². The average molecular weight is 412 g/mol. The van der Waals surface area contributed by atoms with Crippen LogP contribution in [0.4, 0.5) is 0 Å². The minimum Gasteiger partial charge on any atom is -0.352 e. The largest absolute Gasteiger partial charge is 0.352 e. The number of amides is 2. The number of pyridine rings is 1. The van der Waals surface area contributed by atoms with Gasteiger partial charge >= 0.3 is 0 Å². The van der Waals surface area contributed by atoms with Crippen molar-refractivity contribution in [2.75, 3.05) is 6.54 Å². The molecule has 2 aromatic carbocycles. The van der Waals surface area contributed by atoms with E-state index < -0.39 is 6.04 Å². The van der Waals surface area contributed by atoms with Crippen molar-refractivity contribution in [1.29, 1.82) is 0 Å². The molecule has 0 spiro atoms. The van der Waals surface area contributed by atoms with E-state index in [4.69, 9.17) is 0 Å². The van der Waals surface area contributed by atoms with Crippen LogP contribution in [-0.2, 0) is 18.3 Å². The van der Waals surface area contributed by atoms with E-state index in [2.05, 4.69) is 10.3 Å². The zero-order valence-electron chi connectivity index (χ0n) is 16.9. The number of aromatic nitrogens is 2. The van der Waals surface area contributed by atoms with Gasteiger partial charge in [0.2, 0.25) is 5.91 Å². The molecule has 7 heteroatoms. The van der Waals surface area contributed by atoms with Crippen molar-refractivity contribution in [3.8, 4) is 0 Å². The molecule has 31 heavy (non-hydrogen) atoms. The van der Waals surface area contributed by atoms with Gasteiger partial charge in [-0.3, -0.25) is 14.4 Å². The summed E-state index contributed by atoms with van der Waals surface area (Å²) in [6.45, 7) is 0.376. The Labute approximate surface area is 177 Å². The maximum absolute atomic E-state index is 14.0. The number of carbonyl (C=O) groups excluding carboxylic acids is 2. The second kappa shape index (κ2) is 6.31. The average Bonchev–Trinajstić information content (AvgIpc) is 3.18. The van der Waals surface area contributed by atoms with Crippen LogP contribution in [0.25, 0.3) is 21.8 Å². The van der Waals surface area contributed by atoms with E-state index in [0.717, 1.165) is 22.0 Å². The standard InChI is InChI=1S/C24H20N4O3/c1-27-12-16(20-15-8-4-5-9-17(15)26-21(20)24(27)31)23(30)28-18-10-13-6-2-3-7-14(13)19(28)11-25-22(18)29/h2-9,12,18-19,26H,10-11H2,1H3,(H,25,29)/t18-,19-/m0/s1. The summed E-state index contributed by atoms with van der Waals surface area (Å²) in [6, 6.07) is 14.7. The monoisotopic (exact) mass is 412 g/mol. The van der Waals surface area contributed by atoms with Crippen LogP contribution in [0.3, 0.4) is 0 Å². The summed E-state index contributed by atoms with van der Waals surface area (Å²) >= 11 is 0. The molecule has 2 N–H and O–H groups in total. The van der Waals surface area contributed by atoms with Crippen LogP contribution in [0.5, 0.6) is 0 Å². The number of hydrogen-bond donors (Lipinski definition) is 2. The second-order valence-corrected chi connectivity index (χ2v) is 8.27. The predicted molar refractivity (Wildman–Crippen MR) is 117 cm³/mol. The first-order chi connectivity index (χ1) is 15.0. The number of H-pyrrole nitrogens is 1. The van der Waals surface area contributed by atoms with Crippen LogP contribution in [0, 0.1) is 0 Å². The number of aryl methyl sites for hydroxylation is 1. The van der Waals surface area contributed by atoms with Gasteiger partial charge in [-0.2, -0.15) is 0 Å². The van der Waals surface area contributed by atoms with Crippen molar-refractivity contribution in [3.63, 3.8) is 0 Å². The van der Waals surface area contributed by atoms with Gasteiger partial charge in [0.1, 0.15) is 11.6 Å². The number of fused-ring (bicyclic) bond motifs is 7. The fraction of sp³-hybridized carbons (Fsp3) is 0.208. The first-order valence-corrected chi connectivity index (χ1v) is 10.3. The minimum absolute atomic E-state index is 0.140. The van der Waals surface area contributed by atoms with E-state index >= 15 is 0 Å². The van der Waals surface area contributed by atoms with Gasteiger partial charge in [0.05, 0.1) is 11.6 Å². The maximum Gasteiger partial charge on any atom is 0.274 e. The number of nitrogens with one attached hydrogen (secondary N) is 2. The molecule has 2 aliphatic rings. The molecule has 6 rings (SSSR count). The van der Waals surface area contributed by atoms with Gasteiger partial charge < -0.3 is 19.8 Å². The topological polar surface area (TPSA) is 87.2 Å². The highest BCUT2D eigenvalue weighted by Gasteiger charge is 2.45. The molecular formula is C24H20N4O3. The molecule has 1 fully saturated rings. The first kappa shape index (κ1) is 17.9. The molecule has 2 atom stereocenters. The molecule has 1 saturated heterocycles. The fourth-order valence-corrected chi connectivity index (χ4v) is 5.12. The van der Waals surface area contributed by atoms with Gasteiger partial charge in [-0.05, 0) is 17.2 Å². The Kier molecular flexibility index (Phi) is 3.65. The van der Waals surface area contributed by atoms with Gasteiger partial charge in [0.15, 0.2) is 0 Å². The molecule has 0 aliphatic carbocycles. The molecule has 2 aromatic heterocycles. The summed E-state index contributed by atoms with van der Waals surface area (Å²) in [5, 5.41) is 4.39. The van der Waals surface area contributed by atoms with Crippen LogP contribution in [0.15, 0.2) is 59.5 Å². The molecule has 4 heterocycles. The van der Waals surface area contributed by atoms with Crippen LogP contribution >= 0.6 is 0 Å². The molecule has 0 saturated carbocycles. The molecule has 4 aromatic rings. The lowest BCUT2D eigenvalue weighted by Gasteiger charge is -2.46. The molecule has 0 radical (unpaired) electrons. The number of aromatic amines is 1. The maximum atomic E-state index is 14.0. The molecule has 2 bridgehead atoms. The lowest BCUT2D eigenvalue weighted by molar-refractivity contribution is -0.130. The smallest absolute Gasteiger partial charge is 0.274 e. The SMILES string of the molecule is Cn1cc(C(=O)N2[C@H]3Cc4ccccc4[C@@H]2CNC3=O)c2c([nH]c3ccccc32)c1=O. The van der Waals surface area contributed by atoms with Crippen molar-refractivity contribution in [2.45, 2.75) is 18.5 Å². The third kappa shape index (κ3) is 2.43. The fourth-order valence-electron chi connectivity index (χ4n) is 5.12. The zero-order valence-corrected chi connectivity index (χ0v) is 16.9. The van der Waals surface area contributed by atoms with Crippen LogP contribution in [0.1, 0.15) is 27.5 Å². The molecule has 7 nitrogen and oxygen atoms in total.